The van der Waals surface area contributed by atoms with Gasteiger partial charge in [-0.25, -0.2) is 0 Å². The lowest BCUT2D eigenvalue weighted by molar-refractivity contribution is -0.117. The summed E-state index contributed by atoms with van der Waals surface area (Å²) in [5.41, 5.74) is 1.29. The highest BCUT2D eigenvalue weighted by molar-refractivity contribution is 9.10. The van der Waals surface area contributed by atoms with Gasteiger partial charge in [-0.2, -0.15) is 17.9 Å². The van der Waals surface area contributed by atoms with E-state index in [9.17, 15) is 4.79 Å². The smallest absolute Gasteiger partial charge is 0.228 e. The third-order valence-corrected chi connectivity index (χ3v) is 3.67. The average Bonchev–Trinajstić information content (AvgIpc) is 2.58. The van der Waals surface area contributed by atoms with Gasteiger partial charge >= 0.3 is 0 Å². The van der Waals surface area contributed by atoms with E-state index >= 15 is 0 Å². The molecule has 0 aromatic heterocycles. The number of hydrogen-bond donors (Lipinski definition) is 1. The van der Waals surface area contributed by atoms with E-state index in [4.69, 9.17) is 5.26 Å². The summed E-state index contributed by atoms with van der Waals surface area (Å²) in [7, 11) is 0. The first-order chi connectivity index (χ1) is 7.63. The summed E-state index contributed by atoms with van der Waals surface area (Å²) in [6.45, 7) is 0.593. The number of hydrogen-bond acceptors (Lipinski definition) is 3. The third kappa shape index (κ3) is 1.95. The first-order valence-electron chi connectivity index (χ1n) is 4.80. The van der Waals surface area contributed by atoms with Crippen molar-refractivity contribution in [1.29, 1.82) is 5.26 Å². The normalized spacial score (nSPS) is 19.9. The second-order valence-corrected chi connectivity index (χ2v) is 5.14. The molecule has 1 saturated heterocycles. The highest BCUT2D eigenvalue weighted by atomic mass is 79.9. The van der Waals surface area contributed by atoms with Crippen LogP contribution in [0.3, 0.4) is 0 Å². The van der Waals surface area contributed by atoms with E-state index in [0.717, 1.165) is 5.69 Å². The summed E-state index contributed by atoms with van der Waals surface area (Å²) in [5.74, 6) is 0.0517. The molecule has 16 heavy (non-hydrogen) atoms. The fourth-order valence-electron chi connectivity index (χ4n) is 1.74. The van der Waals surface area contributed by atoms with Gasteiger partial charge in [0.2, 0.25) is 5.91 Å². The molecule has 1 atom stereocenters. The van der Waals surface area contributed by atoms with Gasteiger partial charge in [-0.05, 0) is 28.1 Å². The first kappa shape index (κ1) is 11.5. The zero-order valence-electron chi connectivity index (χ0n) is 8.35. The van der Waals surface area contributed by atoms with Crippen molar-refractivity contribution >= 4 is 40.2 Å². The molecule has 0 spiro atoms. The van der Waals surface area contributed by atoms with Crippen LogP contribution in [-0.2, 0) is 4.79 Å². The molecule has 1 aliphatic rings. The average molecular weight is 297 g/mol. The van der Waals surface area contributed by atoms with Gasteiger partial charge in [0.05, 0.1) is 15.7 Å². The van der Waals surface area contributed by atoms with E-state index in [-0.39, 0.29) is 11.2 Å². The Balaban J connectivity index is 2.42. The Bertz CT molecular complexity index is 483. The van der Waals surface area contributed by atoms with Gasteiger partial charge in [0, 0.05) is 18.2 Å². The predicted molar refractivity (Wildman–Crippen MR) is 68.6 cm³/mol. The van der Waals surface area contributed by atoms with Crippen molar-refractivity contribution in [2.75, 3.05) is 11.4 Å². The van der Waals surface area contributed by atoms with E-state index in [1.807, 2.05) is 6.07 Å². The highest BCUT2D eigenvalue weighted by Gasteiger charge is 2.29. The van der Waals surface area contributed by atoms with Crippen molar-refractivity contribution in [2.24, 2.45) is 0 Å². The van der Waals surface area contributed by atoms with E-state index < -0.39 is 0 Å². The van der Waals surface area contributed by atoms with Crippen molar-refractivity contribution in [2.45, 2.75) is 11.7 Å². The molecule has 0 aliphatic carbocycles. The minimum absolute atomic E-state index is 0.0517. The van der Waals surface area contributed by atoms with Crippen LogP contribution in [0.2, 0.25) is 0 Å². The minimum Gasteiger partial charge on any atom is -0.310 e. The molecule has 0 saturated carbocycles. The zero-order chi connectivity index (χ0) is 11.7. The van der Waals surface area contributed by atoms with E-state index in [1.165, 1.54) is 0 Å². The van der Waals surface area contributed by atoms with Crippen LogP contribution in [0.1, 0.15) is 12.0 Å². The van der Waals surface area contributed by atoms with Crippen molar-refractivity contribution in [3.63, 3.8) is 0 Å². The van der Waals surface area contributed by atoms with E-state index in [0.29, 0.717) is 23.0 Å². The molecule has 0 N–H and O–H groups in total. The van der Waals surface area contributed by atoms with Gasteiger partial charge in [-0.15, -0.1) is 0 Å². The maximum atomic E-state index is 11.7. The fraction of sp³-hybridized carbons (Fsp3) is 0.273. The Hall–Kier alpha value is -0.990. The zero-order valence-corrected chi connectivity index (χ0v) is 10.8. The topological polar surface area (TPSA) is 44.1 Å². The van der Waals surface area contributed by atoms with E-state index in [2.05, 4.69) is 34.6 Å². The van der Waals surface area contributed by atoms with Crippen LogP contribution < -0.4 is 4.90 Å². The number of thiol groups is 1. The van der Waals surface area contributed by atoms with Gasteiger partial charge in [0.25, 0.3) is 0 Å². The maximum absolute atomic E-state index is 11.7. The molecule has 0 bridgehead atoms. The molecule has 1 aromatic rings. The number of carbonyl (C=O) groups is 1. The molecular formula is C11H9BrN2OS. The lowest BCUT2D eigenvalue weighted by Crippen LogP contribution is -2.25. The standard InChI is InChI=1S/C11H9BrN2OS/c12-11-7(5-13)2-1-3-9(11)14-6-8(16)4-10(14)15/h1-3,8,16H,4,6H2. The van der Waals surface area contributed by atoms with Gasteiger partial charge in [0.1, 0.15) is 6.07 Å². The molecule has 1 amide bonds. The molecule has 82 valence electrons. The Morgan fingerprint density at radius 1 is 1.56 bits per heavy atom. The Morgan fingerprint density at radius 2 is 2.31 bits per heavy atom. The van der Waals surface area contributed by atoms with Crippen molar-refractivity contribution < 1.29 is 4.79 Å². The molecule has 0 radical (unpaired) electrons. The summed E-state index contributed by atoms with van der Waals surface area (Å²) in [5, 5.41) is 8.98. The monoisotopic (exact) mass is 296 g/mol. The lowest BCUT2D eigenvalue weighted by Gasteiger charge is -2.18. The number of anilines is 1. The quantitative estimate of drug-likeness (QED) is 0.809. The molecule has 1 fully saturated rings. The van der Waals surface area contributed by atoms with Gasteiger partial charge in [0.15, 0.2) is 0 Å². The summed E-state index contributed by atoms with van der Waals surface area (Å²) >= 11 is 7.66. The largest absolute Gasteiger partial charge is 0.310 e. The second-order valence-electron chi connectivity index (χ2n) is 3.61. The molecule has 1 heterocycles. The Kier molecular flexibility index (Phi) is 3.22. The van der Waals surface area contributed by atoms with Crippen LogP contribution in [0.5, 0.6) is 0 Å². The van der Waals surface area contributed by atoms with Crippen molar-refractivity contribution in [3.8, 4) is 6.07 Å². The van der Waals surface area contributed by atoms with Crippen LogP contribution in [-0.4, -0.2) is 17.7 Å². The number of amides is 1. The van der Waals surface area contributed by atoms with Gasteiger partial charge in [-0.3, -0.25) is 4.79 Å². The number of halogens is 1. The number of benzene rings is 1. The highest BCUT2D eigenvalue weighted by Crippen LogP contribution is 2.32. The molecule has 1 aromatic carbocycles. The van der Waals surface area contributed by atoms with Crippen LogP contribution >= 0.6 is 28.6 Å². The predicted octanol–water partition coefficient (Wildman–Crippen LogP) is 2.36. The first-order valence-corrected chi connectivity index (χ1v) is 6.11. The fourth-order valence-corrected chi connectivity index (χ4v) is 2.62. The van der Waals surface area contributed by atoms with Crippen LogP contribution in [0.4, 0.5) is 5.69 Å². The van der Waals surface area contributed by atoms with Crippen LogP contribution in [0, 0.1) is 11.3 Å². The SMILES string of the molecule is N#Cc1cccc(N2CC(S)CC2=O)c1Br. The summed E-state index contributed by atoms with van der Waals surface area (Å²) < 4.78 is 0.674. The molecule has 1 unspecified atom stereocenters. The van der Waals surface area contributed by atoms with Crippen molar-refractivity contribution in [3.05, 3.63) is 28.2 Å². The van der Waals surface area contributed by atoms with Crippen molar-refractivity contribution in [1.82, 2.24) is 0 Å². The number of nitriles is 1. The molecule has 2 rings (SSSR count). The summed E-state index contributed by atoms with van der Waals surface area (Å²) in [6, 6.07) is 7.40. The summed E-state index contributed by atoms with van der Waals surface area (Å²) in [6.07, 6.45) is 0.451. The lowest BCUT2D eigenvalue weighted by atomic mass is 10.2. The Labute approximate surface area is 108 Å². The van der Waals surface area contributed by atoms with Crippen LogP contribution in [0.25, 0.3) is 0 Å². The van der Waals surface area contributed by atoms with Gasteiger partial charge in [-0.1, -0.05) is 6.07 Å². The Morgan fingerprint density at radius 3 is 2.88 bits per heavy atom. The number of nitrogens with zero attached hydrogens (tertiary/aromatic N) is 2. The number of carbonyl (C=O) groups excluding carboxylic acids is 1. The number of rotatable bonds is 1. The molecule has 1 aliphatic heterocycles. The molecule has 3 nitrogen and oxygen atoms in total. The van der Waals surface area contributed by atoms with Crippen LogP contribution in [0.15, 0.2) is 22.7 Å². The summed E-state index contributed by atoms with van der Waals surface area (Å²) in [4.78, 5) is 13.4. The molecular weight excluding hydrogens is 288 g/mol. The second kappa shape index (κ2) is 4.48. The maximum Gasteiger partial charge on any atom is 0.228 e. The van der Waals surface area contributed by atoms with E-state index in [1.54, 1.807) is 17.0 Å². The molecule has 5 heteroatoms. The van der Waals surface area contributed by atoms with Gasteiger partial charge < -0.3 is 4.90 Å². The third-order valence-electron chi connectivity index (χ3n) is 2.49. The minimum atomic E-state index is 0.0517.